The monoisotopic (exact) mass is 164 g/mol. The van der Waals surface area contributed by atoms with E-state index < -0.39 is 0 Å². The predicted molar refractivity (Wildman–Crippen MR) is 50.9 cm³/mol. The highest BCUT2D eigenvalue weighted by atomic mass is 16.1. The van der Waals surface area contributed by atoms with Crippen LogP contribution in [0.4, 0.5) is 0 Å². The van der Waals surface area contributed by atoms with Crippen LogP contribution in [-0.4, -0.2) is 6.29 Å². The van der Waals surface area contributed by atoms with Crippen molar-refractivity contribution < 1.29 is 4.79 Å². The zero-order valence-electron chi connectivity index (χ0n) is 7.84. The number of aldehydes is 1. The number of rotatable bonds is 2. The molecule has 1 nitrogen and oxygen atoms in total. The number of carbonyl (C=O) groups excluding carboxylic acids is 1. The van der Waals surface area contributed by atoms with E-state index in [1.54, 1.807) is 0 Å². The van der Waals surface area contributed by atoms with Gasteiger partial charge in [0.2, 0.25) is 0 Å². The van der Waals surface area contributed by atoms with Gasteiger partial charge in [-0.1, -0.05) is 17.7 Å². The average Bonchev–Trinajstić information content (AvgIpc) is 2.04. The molecule has 12 heavy (non-hydrogen) atoms. The molecule has 1 heteroatoms. The van der Waals surface area contributed by atoms with Crippen LogP contribution in [0.2, 0.25) is 0 Å². The van der Waals surface area contributed by atoms with Crippen molar-refractivity contribution in [3.8, 4) is 0 Å². The second kappa shape index (κ2) is 4.24. The second-order valence-electron chi connectivity index (χ2n) is 3.62. The smallest absolute Gasteiger partial charge is 0.145 e. The molecule has 1 aliphatic rings. The summed E-state index contributed by atoms with van der Waals surface area (Å²) in [7, 11) is 0. The van der Waals surface area contributed by atoms with Crippen molar-refractivity contribution >= 4 is 6.29 Å². The summed E-state index contributed by atoms with van der Waals surface area (Å²) in [6, 6.07) is 0. The molecule has 0 amide bonds. The molecule has 1 aliphatic carbocycles. The van der Waals surface area contributed by atoms with Gasteiger partial charge in [-0.25, -0.2) is 0 Å². The third kappa shape index (κ3) is 2.65. The Bertz CT molecular complexity index is 223. The highest BCUT2D eigenvalue weighted by Crippen LogP contribution is 2.25. The Hall–Kier alpha value is -0.850. The van der Waals surface area contributed by atoms with Crippen molar-refractivity contribution in [3.63, 3.8) is 0 Å². The fraction of sp³-hybridized carbons (Fsp3) is 0.545. The summed E-state index contributed by atoms with van der Waals surface area (Å²) in [4.78, 5) is 10.4. The second-order valence-corrected chi connectivity index (χ2v) is 3.62. The lowest BCUT2D eigenvalue weighted by Crippen LogP contribution is -2.03. The molecule has 0 fully saturated rings. The Labute approximate surface area is 74.2 Å². The van der Waals surface area contributed by atoms with E-state index in [1.807, 2.05) is 6.92 Å². The molecule has 1 rings (SSSR count). The number of hydrogen-bond acceptors (Lipinski definition) is 1. The molecule has 1 unspecified atom stereocenters. The number of hydrogen-bond donors (Lipinski definition) is 0. The molecule has 0 N–H and O–H groups in total. The van der Waals surface area contributed by atoms with Crippen molar-refractivity contribution in [1.29, 1.82) is 0 Å². The van der Waals surface area contributed by atoms with Gasteiger partial charge >= 0.3 is 0 Å². The summed E-state index contributed by atoms with van der Waals surface area (Å²) in [6.07, 6.45) is 8.82. The largest absolute Gasteiger partial charge is 0.298 e. The standard InChI is InChI=1S/C11H16O/c1-9-4-3-5-11(6-9)7-10(2)8-12/h4,7-8,11H,3,5-6H2,1-2H3. The highest BCUT2D eigenvalue weighted by molar-refractivity contribution is 5.72. The summed E-state index contributed by atoms with van der Waals surface area (Å²) < 4.78 is 0. The lowest BCUT2D eigenvalue weighted by Gasteiger charge is -2.17. The van der Waals surface area contributed by atoms with E-state index in [1.165, 1.54) is 18.4 Å². The quantitative estimate of drug-likeness (QED) is 0.348. The van der Waals surface area contributed by atoms with Crippen LogP contribution in [0.5, 0.6) is 0 Å². The van der Waals surface area contributed by atoms with Crippen LogP contribution in [0.15, 0.2) is 23.3 Å². The van der Waals surface area contributed by atoms with Gasteiger partial charge < -0.3 is 0 Å². The molecular weight excluding hydrogens is 148 g/mol. The molecule has 0 aromatic carbocycles. The van der Waals surface area contributed by atoms with Gasteiger partial charge in [0, 0.05) is 0 Å². The van der Waals surface area contributed by atoms with E-state index in [9.17, 15) is 4.79 Å². The molecule has 1 atom stereocenters. The Morgan fingerprint density at radius 1 is 1.67 bits per heavy atom. The first-order valence-corrected chi connectivity index (χ1v) is 4.51. The molecule has 0 heterocycles. The summed E-state index contributed by atoms with van der Waals surface area (Å²) in [5.41, 5.74) is 2.33. The molecule has 0 aromatic heterocycles. The molecule has 0 bridgehead atoms. The molecule has 0 radical (unpaired) electrons. The van der Waals surface area contributed by atoms with E-state index in [2.05, 4.69) is 19.1 Å². The maximum atomic E-state index is 10.4. The van der Waals surface area contributed by atoms with E-state index in [-0.39, 0.29) is 0 Å². The van der Waals surface area contributed by atoms with Gasteiger partial charge in [0.05, 0.1) is 0 Å². The van der Waals surface area contributed by atoms with Crippen LogP contribution in [0.3, 0.4) is 0 Å². The average molecular weight is 164 g/mol. The van der Waals surface area contributed by atoms with Crippen molar-refractivity contribution in [2.24, 2.45) is 5.92 Å². The SMILES string of the molecule is CC(C=O)=CC1CCC=C(C)C1. The van der Waals surface area contributed by atoms with Crippen LogP contribution in [0, 0.1) is 5.92 Å². The van der Waals surface area contributed by atoms with Gasteiger partial charge in [-0.15, -0.1) is 0 Å². The van der Waals surface area contributed by atoms with Crippen LogP contribution < -0.4 is 0 Å². The third-order valence-electron chi connectivity index (χ3n) is 2.30. The van der Waals surface area contributed by atoms with Crippen molar-refractivity contribution in [2.75, 3.05) is 0 Å². The fourth-order valence-electron chi connectivity index (χ4n) is 1.70. The minimum Gasteiger partial charge on any atom is -0.298 e. The van der Waals surface area contributed by atoms with E-state index in [4.69, 9.17) is 0 Å². The molecule has 0 spiro atoms. The van der Waals surface area contributed by atoms with Crippen LogP contribution >= 0.6 is 0 Å². The lowest BCUT2D eigenvalue weighted by atomic mass is 9.88. The van der Waals surface area contributed by atoms with Gasteiger partial charge in [-0.05, 0) is 44.6 Å². The number of carbonyl (C=O) groups is 1. The Balaban J connectivity index is 2.55. The minimum absolute atomic E-state index is 0.597. The summed E-state index contributed by atoms with van der Waals surface area (Å²) in [5, 5.41) is 0. The van der Waals surface area contributed by atoms with Gasteiger partial charge in [-0.2, -0.15) is 0 Å². The molecule has 0 aromatic rings. The van der Waals surface area contributed by atoms with E-state index in [0.29, 0.717) is 5.92 Å². The first kappa shape index (κ1) is 9.24. The molecular formula is C11H16O. The normalized spacial score (nSPS) is 25.0. The Kier molecular flexibility index (Phi) is 3.27. The summed E-state index contributed by atoms with van der Waals surface area (Å²) >= 11 is 0. The Morgan fingerprint density at radius 2 is 2.42 bits per heavy atom. The molecule has 0 saturated carbocycles. The number of allylic oxidation sites excluding steroid dienone is 4. The van der Waals surface area contributed by atoms with Gasteiger partial charge in [-0.3, -0.25) is 4.79 Å². The van der Waals surface area contributed by atoms with Crippen molar-refractivity contribution in [1.82, 2.24) is 0 Å². The van der Waals surface area contributed by atoms with Gasteiger partial charge in [0.1, 0.15) is 6.29 Å². The zero-order chi connectivity index (χ0) is 8.97. The Morgan fingerprint density at radius 3 is 3.00 bits per heavy atom. The van der Waals surface area contributed by atoms with Gasteiger partial charge in [0.25, 0.3) is 0 Å². The maximum Gasteiger partial charge on any atom is 0.145 e. The predicted octanol–water partition coefficient (Wildman–Crippen LogP) is 2.88. The molecule has 0 saturated heterocycles. The van der Waals surface area contributed by atoms with Crippen molar-refractivity contribution in [2.45, 2.75) is 33.1 Å². The lowest BCUT2D eigenvalue weighted by molar-refractivity contribution is -0.104. The topological polar surface area (TPSA) is 17.1 Å². The highest BCUT2D eigenvalue weighted by Gasteiger charge is 2.10. The van der Waals surface area contributed by atoms with E-state index in [0.717, 1.165) is 18.3 Å². The first-order valence-electron chi connectivity index (χ1n) is 4.51. The van der Waals surface area contributed by atoms with Crippen LogP contribution in [0.25, 0.3) is 0 Å². The van der Waals surface area contributed by atoms with Gasteiger partial charge in [0.15, 0.2) is 0 Å². The fourth-order valence-corrected chi connectivity index (χ4v) is 1.70. The summed E-state index contributed by atoms with van der Waals surface area (Å²) in [6.45, 7) is 4.04. The first-order chi connectivity index (χ1) is 5.72. The van der Waals surface area contributed by atoms with Crippen molar-refractivity contribution in [3.05, 3.63) is 23.3 Å². The molecule has 0 aliphatic heterocycles. The van der Waals surface area contributed by atoms with E-state index >= 15 is 0 Å². The molecule has 66 valence electrons. The summed E-state index contributed by atoms with van der Waals surface area (Å²) in [5.74, 6) is 0.597. The third-order valence-corrected chi connectivity index (χ3v) is 2.30. The van der Waals surface area contributed by atoms with Crippen LogP contribution in [0.1, 0.15) is 33.1 Å². The zero-order valence-corrected chi connectivity index (χ0v) is 7.84. The maximum absolute atomic E-state index is 10.4. The van der Waals surface area contributed by atoms with Crippen LogP contribution in [-0.2, 0) is 4.79 Å². The minimum atomic E-state index is 0.597.